The fraction of sp³-hybridized carbons (Fsp3) is 0.462. The molecule has 1 aromatic carbocycles. The lowest BCUT2D eigenvalue weighted by Gasteiger charge is -2.22. The predicted octanol–water partition coefficient (Wildman–Crippen LogP) is 2.65. The van der Waals surface area contributed by atoms with E-state index in [1.807, 2.05) is 0 Å². The molecule has 1 amide bonds. The molecule has 2 atom stereocenters. The Hall–Kier alpha value is -1.26. The monoisotopic (exact) mass is 269 g/mol. The molecule has 0 saturated heterocycles. The number of halogens is 1. The molecule has 1 saturated carbocycles. The third-order valence-electron chi connectivity index (χ3n) is 2.78. The Morgan fingerprint density at radius 3 is 2.72 bits per heavy atom. The van der Waals surface area contributed by atoms with Gasteiger partial charge in [-0.3, -0.25) is 0 Å². The van der Waals surface area contributed by atoms with Crippen LogP contribution < -0.4 is 5.32 Å². The van der Waals surface area contributed by atoms with Gasteiger partial charge >= 0.3 is 6.09 Å². The Labute approximate surface area is 111 Å². The number of rotatable bonds is 4. The Balaban J connectivity index is 2.07. The van der Waals surface area contributed by atoms with Gasteiger partial charge in [0.15, 0.2) is 6.10 Å². The first-order valence-corrected chi connectivity index (χ1v) is 6.35. The normalized spacial score (nSPS) is 17.9. The molecule has 1 fully saturated rings. The SMILES string of the molecule is C[C@@H](O)[C@H](OC(=O)NC1CC1)c1ccccc1Cl. The number of carbonyl (C=O) groups excluding carboxylic acids is 1. The van der Waals surface area contributed by atoms with Crippen molar-refractivity contribution in [1.29, 1.82) is 0 Å². The van der Waals surface area contributed by atoms with Crippen molar-refractivity contribution in [3.8, 4) is 0 Å². The molecule has 0 aromatic heterocycles. The van der Waals surface area contributed by atoms with Gasteiger partial charge in [0.2, 0.25) is 0 Å². The summed E-state index contributed by atoms with van der Waals surface area (Å²) in [5, 5.41) is 12.9. The van der Waals surface area contributed by atoms with Crippen molar-refractivity contribution >= 4 is 17.7 Å². The summed E-state index contributed by atoms with van der Waals surface area (Å²) in [6, 6.07) is 7.24. The maximum atomic E-state index is 11.6. The lowest BCUT2D eigenvalue weighted by molar-refractivity contribution is 0.0106. The van der Waals surface area contributed by atoms with Crippen LogP contribution in [0.1, 0.15) is 31.4 Å². The summed E-state index contributed by atoms with van der Waals surface area (Å²) in [6.07, 6.45) is -0.114. The summed E-state index contributed by atoms with van der Waals surface area (Å²) < 4.78 is 5.25. The molecule has 98 valence electrons. The number of amides is 1. The van der Waals surface area contributed by atoms with Crippen LogP contribution in [0.4, 0.5) is 4.79 Å². The van der Waals surface area contributed by atoms with Crippen molar-refractivity contribution in [2.75, 3.05) is 0 Å². The van der Waals surface area contributed by atoms with Crippen LogP contribution in [0.2, 0.25) is 5.02 Å². The average Bonchev–Trinajstić information content (AvgIpc) is 3.10. The summed E-state index contributed by atoms with van der Waals surface area (Å²) in [5.74, 6) is 0. The van der Waals surface area contributed by atoms with Crippen LogP contribution in [-0.4, -0.2) is 23.3 Å². The van der Waals surface area contributed by atoms with E-state index in [9.17, 15) is 9.90 Å². The highest BCUT2D eigenvalue weighted by Gasteiger charge is 2.28. The average molecular weight is 270 g/mol. The minimum absolute atomic E-state index is 0.221. The zero-order chi connectivity index (χ0) is 13.1. The molecule has 2 rings (SSSR count). The minimum atomic E-state index is -0.824. The highest BCUT2D eigenvalue weighted by atomic mass is 35.5. The van der Waals surface area contributed by atoms with Crippen LogP contribution in [0.3, 0.4) is 0 Å². The first-order chi connectivity index (χ1) is 8.58. The van der Waals surface area contributed by atoms with Gasteiger partial charge in [0.25, 0.3) is 0 Å². The Morgan fingerprint density at radius 2 is 2.17 bits per heavy atom. The number of aliphatic hydroxyl groups excluding tert-OH is 1. The highest BCUT2D eigenvalue weighted by Crippen LogP contribution is 2.28. The summed E-state index contributed by atoms with van der Waals surface area (Å²) in [4.78, 5) is 11.6. The molecule has 0 aliphatic heterocycles. The maximum absolute atomic E-state index is 11.6. The molecule has 0 heterocycles. The van der Waals surface area contributed by atoms with Gasteiger partial charge in [-0.15, -0.1) is 0 Å². The van der Waals surface area contributed by atoms with E-state index in [0.717, 1.165) is 12.8 Å². The molecule has 5 heteroatoms. The van der Waals surface area contributed by atoms with E-state index in [1.54, 1.807) is 31.2 Å². The highest BCUT2D eigenvalue weighted by molar-refractivity contribution is 6.31. The fourth-order valence-electron chi connectivity index (χ4n) is 1.67. The topological polar surface area (TPSA) is 58.6 Å². The van der Waals surface area contributed by atoms with Gasteiger partial charge in [-0.2, -0.15) is 0 Å². The molecule has 4 nitrogen and oxygen atoms in total. The lowest BCUT2D eigenvalue weighted by atomic mass is 10.1. The van der Waals surface area contributed by atoms with Crippen LogP contribution in [0.5, 0.6) is 0 Å². The number of nitrogens with one attached hydrogen (secondary N) is 1. The Morgan fingerprint density at radius 1 is 1.50 bits per heavy atom. The van der Waals surface area contributed by atoms with E-state index >= 15 is 0 Å². The molecule has 0 bridgehead atoms. The minimum Gasteiger partial charge on any atom is -0.439 e. The Kier molecular flexibility index (Phi) is 4.09. The van der Waals surface area contributed by atoms with Crippen LogP contribution in [0.25, 0.3) is 0 Å². The first-order valence-electron chi connectivity index (χ1n) is 5.97. The van der Waals surface area contributed by atoms with Crippen LogP contribution >= 0.6 is 11.6 Å². The molecule has 1 aromatic rings. The van der Waals surface area contributed by atoms with Crippen LogP contribution in [0.15, 0.2) is 24.3 Å². The van der Waals surface area contributed by atoms with Gasteiger partial charge in [-0.1, -0.05) is 29.8 Å². The zero-order valence-corrected chi connectivity index (χ0v) is 10.9. The number of hydrogen-bond donors (Lipinski definition) is 2. The molecule has 0 spiro atoms. The third-order valence-corrected chi connectivity index (χ3v) is 3.13. The molecule has 2 N–H and O–H groups in total. The van der Waals surface area contributed by atoms with Gasteiger partial charge < -0.3 is 15.2 Å². The molecule has 18 heavy (non-hydrogen) atoms. The van der Waals surface area contributed by atoms with Crippen LogP contribution in [-0.2, 0) is 4.74 Å². The molecule has 0 unspecified atom stereocenters. The molecule has 1 aliphatic carbocycles. The number of ether oxygens (including phenoxy) is 1. The van der Waals surface area contributed by atoms with Crippen molar-refractivity contribution in [1.82, 2.24) is 5.32 Å². The number of aliphatic hydroxyl groups is 1. The van der Waals surface area contributed by atoms with Gasteiger partial charge in [0.1, 0.15) is 0 Å². The number of carbonyl (C=O) groups is 1. The second kappa shape index (κ2) is 5.59. The van der Waals surface area contributed by atoms with Gasteiger partial charge in [-0.05, 0) is 25.8 Å². The van der Waals surface area contributed by atoms with Crippen molar-refractivity contribution in [3.63, 3.8) is 0 Å². The summed E-state index contributed by atoms with van der Waals surface area (Å²) in [7, 11) is 0. The summed E-state index contributed by atoms with van der Waals surface area (Å²) in [6.45, 7) is 1.57. The van der Waals surface area contributed by atoms with Gasteiger partial charge in [0, 0.05) is 16.6 Å². The van der Waals surface area contributed by atoms with E-state index in [4.69, 9.17) is 16.3 Å². The second-order valence-electron chi connectivity index (χ2n) is 4.51. The molecular weight excluding hydrogens is 254 g/mol. The largest absolute Gasteiger partial charge is 0.439 e. The fourth-order valence-corrected chi connectivity index (χ4v) is 1.91. The van der Waals surface area contributed by atoms with Gasteiger partial charge in [-0.25, -0.2) is 4.79 Å². The van der Waals surface area contributed by atoms with Crippen molar-refractivity contribution in [2.24, 2.45) is 0 Å². The second-order valence-corrected chi connectivity index (χ2v) is 4.91. The zero-order valence-electron chi connectivity index (χ0n) is 10.1. The van der Waals surface area contributed by atoms with Crippen molar-refractivity contribution < 1.29 is 14.6 Å². The lowest BCUT2D eigenvalue weighted by Crippen LogP contribution is -2.31. The standard InChI is InChI=1S/C13H16ClNO3/c1-8(16)12(10-4-2-3-5-11(10)14)18-13(17)15-9-6-7-9/h2-5,8-9,12,16H,6-7H2,1H3,(H,15,17)/t8-,12+/m1/s1. The number of hydrogen-bond acceptors (Lipinski definition) is 3. The van der Waals surface area contributed by atoms with E-state index in [-0.39, 0.29) is 6.04 Å². The smallest absolute Gasteiger partial charge is 0.408 e. The van der Waals surface area contributed by atoms with Crippen LogP contribution in [0, 0.1) is 0 Å². The third kappa shape index (κ3) is 3.37. The Bertz CT molecular complexity index is 432. The predicted molar refractivity (Wildman–Crippen MR) is 68.5 cm³/mol. The number of benzene rings is 1. The number of alkyl carbamates (subject to hydrolysis) is 1. The van der Waals surface area contributed by atoms with Crippen molar-refractivity contribution in [2.45, 2.75) is 38.0 Å². The molecule has 0 radical (unpaired) electrons. The first kappa shape index (κ1) is 13.2. The van der Waals surface area contributed by atoms with Crippen molar-refractivity contribution in [3.05, 3.63) is 34.9 Å². The summed E-state index contributed by atoms with van der Waals surface area (Å²) in [5.41, 5.74) is 0.611. The van der Waals surface area contributed by atoms with E-state index in [2.05, 4.69) is 5.32 Å². The summed E-state index contributed by atoms with van der Waals surface area (Å²) >= 11 is 6.04. The molecule has 1 aliphatic rings. The van der Waals surface area contributed by atoms with E-state index in [0.29, 0.717) is 10.6 Å². The quantitative estimate of drug-likeness (QED) is 0.883. The van der Waals surface area contributed by atoms with E-state index in [1.165, 1.54) is 0 Å². The van der Waals surface area contributed by atoms with E-state index < -0.39 is 18.3 Å². The van der Waals surface area contributed by atoms with Gasteiger partial charge in [0.05, 0.1) is 6.10 Å². The maximum Gasteiger partial charge on any atom is 0.408 e. The molecular formula is C13H16ClNO3.